The number of benzene rings is 2. The fourth-order valence-corrected chi connectivity index (χ4v) is 5.37. The summed E-state index contributed by atoms with van der Waals surface area (Å²) in [6.45, 7) is 4.23. The number of aryl methyl sites for hydroxylation is 4. The molecule has 4 heteroatoms. The minimum absolute atomic E-state index is 0. The number of alkyl halides is 1. The van der Waals surface area contributed by atoms with Gasteiger partial charge in [-0.2, -0.15) is 35.9 Å². The van der Waals surface area contributed by atoms with Crippen LogP contribution in [0.15, 0.2) is 36.4 Å². The number of rotatable bonds is 8. The second-order valence-electron chi connectivity index (χ2n) is 8.36. The predicted octanol–water partition coefficient (Wildman–Crippen LogP) is 5.15. The van der Waals surface area contributed by atoms with Gasteiger partial charge in [-0.3, -0.25) is 0 Å². The molecule has 1 fully saturated rings. The first-order valence-corrected chi connectivity index (χ1v) is 10.9. The molecule has 0 heterocycles. The molecule has 29 heavy (non-hydrogen) atoms. The zero-order chi connectivity index (χ0) is 20.1. The maximum atomic E-state index is 10.6. The smallest absolute Gasteiger partial charge is 0.0686 e. The summed E-state index contributed by atoms with van der Waals surface area (Å²) < 4.78 is 0. The number of aliphatic hydroxyl groups excluding tert-OH is 2. The molecule has 4 atom stereocenters. The first-order chi connectivity index (χ1) is 13.5. The molecule has 0 saturated heterocycles. The molecule has 2 aromatic carbocycles. The Morgan fingerprint density at radius 2 is 1.79 bits per heavy atom. The van der Waals surface area contributed by atoms with Gasteiger partial charge in [0.05, 0.1) is 12.7 Å². The van der Waals surface area contributed by atoms with Gasteiger partial charge in [-0.05, 0) is 73.6 Å². The Labute approximate surface area is 206 Å². The van der Waals surface area contributed by atoms with Crippen LogP contribution >= 0.6 is 11.6 Å². The van der Waals surface area contributed by atoms with Crippen molar-refractivity contribution in [3.05, 3.63) is 70.3 Å². The van der Waals surface area contributed by atoms with E-state index in [0.29, 0.717) is 12.3 Å². The van der Waals surface area contributed by atoms with Gasteiger partial charge < -0.3 is 10.2 Å². The van der Waals surface area contributed by atoms with Crippen LogP contribution in [0.5, 0.6) is 0 Å². The summed E-state index contributed by atoms with van der Waals surface area (Å²) in [4.78, 5) is 0. The molecule has 1 radical (unpaired) electrons. The van der Waals surface area contributed by atoms with Crippen LogP contribution in [0.1, 0.15) is 53.5 Å². The largest absolute Gasteiger partial charge is 0.393 e. The molecule has 1 aliphatic carbocycles. The Morgan fingerprint density at radius 1 is 1.07 bits per heavy atom. The van der Waals surface area contributed by atoms with Gasteiger partial charge in [-0.1, -0.05) is 25.0 Å². The number of aliphatic hydroxyl groups is 2. The molecular weight excluding hydrogens is 457 g/mol. The molecule has 3 rings (SSSR count). The van der Waals surface area contributed by atoms with Crippen LogP contribution in [0.4, 0.5) is 0 Å². The standard InChI is InChI=1S/C25H32ClO2.Y/c1-17-13-20(14-18(2)23(17)16-27)11-12-21-22(25(28)15-24(21)26)10-6-9-19-7-4-3-5-8-19;/h3-4,7-8,13-14,21-22,24-25,27-28H,6,9-12,15-16H2,1-2H3;/q-1;/t21-,22-,24?,25?;/m1./s1. The molecule has 2 N–H and O–H groups in total. The average molecular weight is 489 g/mol. The molecule has 1 saturated carbocycles. The molecule has 1 aliphatic rings. The van der Waals surface area contributed by atoms with E-state index in [0.717, 1.165) is 48.8 Å². The van der Waals surface area contributed by atoms with Crippen LogP contribution in [0.25, 0.3) is 0 Å². The topological polar surface area (TPSA) is 40.5 Å². The average Bonchev–Trinajstić information content (AvgIpc) is 2.93. The van der Waals surface area contributed by atoms with Crippen LogP contribution in [-0.2, 0) is 52.2 Å². The monoisotopic (exact) mass is 488 g/mol. The fraction of sp³-hybridized carbons (Fsp3) is 0.520. The van der Waals surface area contributed by atoms with Crippen LogP contribution in [0.3, 0.4) is 0 Å². The maximum absolute atomic E-state index is 10.6. The van der Waals surface area contributed by atoms with Gasteiger partial charge in [0.15, 0.2) is 0 Å². The van der Waals surface area contributed by atoms with Crippen molar-refractivity contribution in [1.82, 2.24) is 0 Å². The van der Waals surface area contributed by atoms with Crippen LogP contribution in [0, 0.1) is 31.7 Å². The van der Waals surface area contributed by atoms with Crippen molar-refractivity contribution < 1.29 is 42.9 Å². The third-order valence-corrected chi connectivity index (χ3v) is 6.93. The second kappa shape index (κ2) is 12.0. The Hall–Kier alpha value is -0.246. The summed E-state index contributed by atoms with van der Waals surface area (Å²) in [5.41, 5.74) is 5.95. The molecule has 0 bridgehead atoms. The number of halogens is 1. The van der Waals surface area contributed by atoms with Crippen molar-refractivity contribution in [2.45, 2.75) is 70.5 Å². The molecule has 2 unspecified atom stereocenters. The van der Waals surface area contributed by atoms with Gasteiger partial charge in [0.25, 0.3) is 0 Å². The third-order valence-electron chi connectivity index (χ3n) is 6.43. The Balaban J connectivity index is 0.00000300. The SMILES string of the molecule is Cc1cc(CC[C@H]2C(Cl)CC(O)[C@@H]2CCCc2c[c-]ccc2)cc(C)c1CO.[Y]. The normalized spacial score (nSPS) is 23.8. The molecule has 2 nitrogen and oxygen atoms in total. The van der Waals surface area contributed by atoms with E-state index in [1.165, 1.54) is 11.1 Å². The molecule has 2 aromatic rings. The van der Waals surface area contributed by atoms with E-state index in [1.807, 2.05) is 18.2 Å². The van der Waals surface area contributed by atoms with E-state index in [9.17, 15) is 10.2 Å². The summed E-state index contributed by atoms with van der Waals surface area (Å²) in [5, 5.41) is 20.1. The quantitative estimate of drug-likeness (QED) is 0.398. The van der Waals surface area contributed by atoms with E-state index in [2.05, 4.69) is 38.1 Å². The van der Waals surface area contributed by atoms with Gasteiger partial charge in [-0.25, -0.2) is 0 Å². The van der Waals surface area contributed by atoms with Crippen LogP contribution in [0.2, 0.25) is 0 Å². The Bertz CT molecular complexity index is 742. The van der Waals surface area contributed by atoms with Crippen molar-refractivity contribution in [2.75, 3.05) is 0 Å². The summed E-state index contributed by atoms with van der Waals surface area (Å²) >= 11 is 6.64. The van der Waals surface area contributed by atoms with Gasteiger partial charge in [0.2, 0.25) is 0 Å². The fourth-order valence-electron chi connectivity index (χ4n) is 4.87. The van der Waals surface area contributed by atoms with Crippen molar-refractivity contribution >= 4 is 11.6 Å². The van der Waals surface area contributed by atoms with Gasteiger partial charge in [0.1, 0.15) is 0 Å². The van der Waals surface area contributed by atoms with Crippen molar-refractivity contribution in [2.24, 2.45) is 11.8 Å². The zero-order valence-electron chi connectivity index (χ0n) is 17.6. The molecule has 0 spiro atoms. The zero-order valence-corrected chi connectivity index (χ0v) is 21.2. The van der Waals surface area contributed by atoms with E-state index >= 15 is 0 Å². The van der Waals surface area contributed by atoms with Crippen molar-refractivity contribution in [3.63, 3.8) is 0 Å². The van der Waals surface area contributed by atoms with E-state index < -0.39 is 0 Å². The molecule has 0 aromatic heterocycles. The van der Waals surface area contributed by atoms with Crippen LogP contribution < -0.4 is 0 Å². The first-order valence-electron chi connectivity index (χ1n) is 10.5. The summed E-state index contributed by atoms with van der Waals surface area (Å²) in [5.74, 6) is 0.645. The third kappa shape index (κ3) is 6.61. The summed E-state index contributed by atoms with van der Waals surface area (Å²) in [7, 11) is 0. The number of hydrogen-bond donors (Lipinski definition) is 2. The Morgan fingerprint density at radius 3 is 2.41 bits per heavy atom. The van der Waals surface area contributed by atoms with Gasteiger partial charge in [-0.15, -0.1) is 11.6 Å². The molecular formula is C25H32ClO2Y-. The Kier molecular flexibility index (Phi) is 10.3. The molecule has 0 amide bonds. The second-order valence-corrected chi connectivity index (χ2v) is 8.92. The minimum atomic E-state index is -0.282. The maximum Gasteiger partial charge on any atom is 0.0686 e. The molecule has 155 valence electrons. The van der Waals surface area contributed by atoms with E-state index in [1.54, 1.807) is 0 Å². The van der Waals surface area contributed by atoms with Gasteiger partial charge in [0, 0.05) is 38.1 Å². The van der Waals surface area contributed by atoms with E-state index in [4.69, 9.17) is 11.6 Å². The van der Waals surface area contributed by atoms with Crippen molar-refractivity contribution in [1.29, 1.82) is 0 Å². The molecule has 0 aliphatic heterocycles. The van der Waals surface area contributed by atoms with Gasteiger partial charge >= 0.3 is 0 Å². The summed E-state index contributed by atoms with van der Waals surface area (Å²) in [6, 6.07) is 15.7. The minimum Gasteiger partial charge on any atom is -0.393 e. The first kappa shape index (κ1) is 25.0. The van der Waals surface area contributed by atoms with E-state index in [-0.39, 0.29) is 56.7 Å². The van der Waals surface area contributed by atoms with Crippen LogP contribution in [-0.4, -0.2) is 21.7 Å². The number of hydrogen-bond acceptors (Lipinski definition) is 2. The predicted molar refractivity (Wildman–Crippen MR) is 116 cm³/mol. The van der Waals surface area contributed by atoms with Crippen molar-refractivity contribution in [3.8, 4) is 0 Å². The summed E-state index contributed by atoms with van der Waals surface area (Å²) in [6.07, 6.45) is 5.52.